The largest absolute Gasteiger partial charge is 0.359 e. The van der Waals surface area contributed by atoms with Crippen molar-refractivity contribution < 1.29 is 22.1 Å². The van der Waals surface area contributed by atoms with Crippen LogP contribution in [0.5, 0.6) is 0 Å². The molecule has 0 aliphatic heterocycles. The van der Waals surface area contributed by atoms with E-state index in [4.69, 9.17) is 13.7 Å². The van der Waals surface area contributed by atoms with Gasteiger partial charge in [-0.3, -0.25) is 4.18 Å². The molecule has 0 radical (unpaired) electrons. The third kappa shape index (κ3) is 5.42. The van der Waals surface area contributed by atoms with Gasteiger partial charge in [0.05, 0.1) is 17.6 Å². The summed E-state index contributed by atoms with van der Waals surface area (Å²) in [5.74, 6) is 0. The molecule has 0 N–H and O–H groups in total. The number of aryl methyl sites for hydroxylation is 1. The van der Waals surface area contributed by atoms with E-state index in [2.05, 4.69) is 6.58 Å². The maximum Gasteiger partial charge on any atom is 0.296 e. The maximum absolute atomic E-state index is 11.9. The monoisotopic (exact) mass is 300 g/mol. The molecule has 0 unspecified atom stereocenters. The first-order chi connectivity index (χ1) is 9.49. The molecule has 0 aliphatic rings. The Kier molecular flexibility index (Phi) is 6.87. The molecular formula is C14H20O5S. The van der Waals surface area contributed by atoms with Crippen molar-refractivity contribution in [3.8, 4) is 0 Å². The number of methoxy groups -OCH3 is 1. The van der Waals surface area contributed by atoms with E-state index in [1.165, 1.54) is 19.2 Å². The van der Waals surface area contributed by atoms with Crippen molar-refractivity contribution in [2.75, 3.05) is 20.5 Å². The molecule has 1 rings (SSSR count). The molecule has 5 nitrogen and oxygen atoms in total. The van der Waals surface area contributed by atoms with Crippen molar-refractivity contribution >= 4 is 10.1 Å². The molecule has 0 amide bonds. The minimum Gasteiger partial charge on any atom is -0.359 e. The van der Waals surface area contributed by atoms with Gasteiger partial charge >= 0.3 is 0 Å². The van der Waals surface area contributed by atoms with Crippen LogP contribution in [0.25, 0.3) is 0 Å². The van der Waals surface area contributed by atoms with Gasteiger partial charge in [-0.2, -0.15) is 8.42 Å². The SMILES string of the molecule is C=C[C@H](CCOS(=O)(=O)c1ccc(C)cc1)OCOC. The average Bonchev–Trinajstić information content (AvgIpc) is 2.43. The van der Waals surface area contributed by atoms with Crippen molar-refractivity contribution in [3.63, 3.8) is 0 Å². The van der Waals surface area contributed by atoms with Gasteiger partial charge in [-0.1, -0.05) is 23.8 Å². The third-order valence-corrected chi connectivity index (χ3v) is 3.94. The summed E-state index contributed by atoms with van der Waals surface area (Å²) in [4.78, 5) is 0.149. The highest BCUT2D eigenvalue weighted by atomic mass is 32.2. The Labute approximate surface area is 120 Å². The van der Waals surface area contributed by atoms with Gasteiger partial charge in [-0.25, -0.2) is 0 Å². The summed E-state index contributed by atoms with van der Waals surface area (Å²) in [6.45, 7) is 5.65. The van der Waals surface area contributed by atoms with Crippen LogP contribution in [0.1, 0.15) is 12.0 Å². The van der Waals surface area contributed by atoms with Gasteiger partial charge in [0.25, 0.3) is 10.1 Å². The lowest BCUT2D eigenvalue weighted by molar-refractivity contribution is -0.0597. The van der Waals surface area contributed by atoms with Crippen molar-refractivity contribution in [1.82, 2.24) is 0 Å². The minimum absolute atomic E-state index is 0.0244. The zero-order valence-corrected chi connectivity index (χ0v) is 12.6. The molecular weight excluding hydrogens is 280 g/mol. The highest BCUT2D eigenvalue weighted by Crippen LogP contribution is 2.14. The first-order valence-electron chi connectivity index (χ1n) is 6.19. The van der Waals surface area contributed by atoms with E-state index in [0.717, 1.165) is 5.56 Å². The second-order valence-electron chi connectivity index (χ2n) is 4.23. The van der Waals surface area contributed by atoms with Gasteiger partial charge in [0.1, 0.15) is 6.79 Å². The van der Waals surface area contributed by atoms with Crippen LogP contribution >= 0.6 is 0 Å². The van der Waals surface area contributed by atoms with Gasteiger partial charge < -0.3 is 9.47 Å². The quantitative estimate of drug-likeness (QED) is 0.398. The highest BCUT2D eigenvalue weighted by molar-refractivity contribution is 7.86. The zero-order chi connectivity index (χ0) is 15.0. The summed E-state index contributed by atoms with van der Waals surface area (Å²) in [6.07, 6.45) is 1.67. The summed E-state index contributed by atoms with van der Waals surface area (Å²) in [5.41, 5.74) is 0.989. The van der Waals surface area contributed by atoms with Crippen LogP contribution < -0.4 is 0 Å². The van der Waals surface area contributed by atoms with Crippen LogP contribution in [0.4, 0.5) is 0 Å². The van der Waals surface area contributed by atoms with E-state index in [1.54, 1.807) is 18.2 Å². The molecule has 0 fully saturated rings. The summed E-state index contributed by atoms with van der Waals surface area (Å²) in [5, 5.41) is 0. The van der Waals surface area contributed by atoms with Gasteiger partial charge in [0.15, 0.2) is 0 Å². The van der Waals surface area contributed by atoms with E-state index < -0.39 is 10.1 Å². The normalized spacial score (nSPS) is 13.1. The molecule has 112 valence electrons. The lowest BCUT2D eigenvalue weighted by Gasteiger charge is -2.13. The van der Waals surface area contributed by atoms with E-state index in [1.807, 2.05) is 6.92 Å². The van der Waals surface area contributed by atoms with Crippen molar-refractivity contribution in [1.29, 1.82) is 0 Å². The lowest BCUT2D eigenvalue weighted by Crippen LogP contribution is -2.16. The molecule has 0 bridgehead atoms. The molecule has 1 aromatic rings. The fourth-order valence-electron chi connectivity index (χ4n) is 1.47. The number of benzene rings is 1. The number of rotatable bonds is 9. The van der Waals surface area contributed by atoms with E-state index >= 15 is 0 Å². The predicted octanol–water partition coefficient (Wildman–Crippen LogP) is 2.27. The number of hydrogen-bond donors (Lipinski definition) is 0. The van der Waals surface area contributed by atoms with Crippen molar-refractivity contribution in [2.45, 2.75) is 24.3 Å². The number of hydrogen-bond acceptors (Lipinski definition) is 5. The van der Waals surface area contributed by atoms with E-state index in [-0.39, 0.29) is 24.4 Å². The molecule has 0 saturated heterocycles. The molecule has 1 atom stereocenters. The molecule has 6 heteroatoms. The summed E-state index contributed by atoms with van der Waals surface area (Å²) in [7, 11) is -2.21. The van der Waals surface area contributed by atoms with Gasteiger partial charge in [-0.05, 0) is 19.1 Å². The third-order valence-electron chi connectivity index (χ3n) is 2.61. The maximum atomic E-state index is 11.9. The lowest BCUT2D eigenvalue weighted by atomic mass is 10.2. The molecule has 1 aromatic carbocycles. The molecule has 0 aliphatic carbocycles. The Morgan fingerprint density at radius 3 is 2.50 bits per heavy atom. The molecule has 0 aromatic heterocycles. The highest BCUT2D eigenvalue weighted by Gasteiger charge is 2.15. The van der Waals surface area contributed by atoms with Gasteiger partial charge in [0.2, 0.25) is 0 Å². The van der Waals surface area contributed by atoms with Crippen molar-refractivity contribution in [3.05, 3.63) is 42.5 Å². The average molecular weight is 300 g/mol. The first-order valence-corrected chi connectivity index (χ1v) is 7.59. The topological polar surface area (TPSA) is 61.8 Å². The van der Waals surface area contributed by atoms with Gasteiger partial charge in [0, 0.05) is 13.5 Å². The second kappa shape index (κ2) is 8.16. The molecule has 0 saturated carbocycles. The van der Waals surface area contributed by atoms with Crippen LogP contribution in [0.15, 0.2) is 41.8 Å². The van der Waals surface area contributed by atoms with Crippen LogP contribution in [-0.2, 0) is 23.8 Å². The molecule has 0 heterocycles. The van der Waals surface area contributed by atoms with Crippen LogP contribution in [-0.4, -0.2) is 35.0 Å². The fourth-order valence-corrected chi connectivity index (χ4v) is 2.39. The molecule has 0 spiro atoms. The zero-order valence-electron chi connectivity index (χ0n) is 11.7. The Morgan fingerprint density at radius 2 is 1.95 bits per heavy atom. The predicted molar refractivity (Wildman–Crippen MR) is 75.9 cm³/mol. The van der Waals surface area contributed by atoms with E-state index in [0.29, 0.717) is 6.42 Å². The smallest absolute Gasteiger partial charge is 0.296 e. The van der Waals surface area contributed by atoms with Gasteiger partial charge in [-0.15, -0.1) is 6.58 Å². The van der Waals surface area contributed by atoms with Crippen molar-refractivity contribution in [2.24, 2.45) is 0 Å². The molecule has 20 heavy (non-hydrogen) atoms. The Hall–Kier alpha value is -1.21. The minimum atomic E-state index is -3.72. The van der Waals surface area contributed by atoms with Crippen LogP contribution in [0, 0.1) is 6.92 Å². The first kappa shape index (κ1) is 16.8. The Morgan fingerprint density at radius 1 is 1.30 bits per heavy atom. The summed E-state index contributed by atoms with van der Waals surface area (Å²) >= 11 is 0. The Balaban J connectivity index is 2.51. The van der Waals surface area contributed by atoms with Crippen LogP contribution in [0.2, 0.25) is 0 Å². The fraction of sp³-hybridized carbons (Fsp3) is 0.429. The van der Waals surface area contributed by atoms with E-state index in [9.17, 15) is 8.42 Å². The van der Waals surface area contributed by atoms with Crippen LogP contribution in [0.3, 0.4) is 0 Å². The second-order valence-corrected chi connectivity index (χ2v) is 5.84. The standard InChI is InChI=1S/C14H20O5S/c1-4-13(18-11-17-3)9-10-19-20(15,16)14-7-5-12(2)6-8-14/h4-8,13H,1,9-11H2,2-3H3/t13-/m1/s1. The summed E-state index contributed by atoms with van der Waals surface area (Å²) in [6, 6.07) is 6.50. The Bertz CT molecular complexity index is 507. The summed E-state index contributed by atoms with van der Waals surface area (Å²) < 4.78 is 38.8. The number of ether oxygens (including phenoxy) is 2.